The van der Waals surface area contributed by atoms with Gasteiger partial charge in [0.25, 0.3) is 0 Å². The van der Waals surface area contributed by atoms with E-state index in [1.54, 1.807) is 0 Å². The molecular weight excluding hydrogens is 274 g/mol. The van der Waals surface area contributed by atoms with Gasteiger partial charge in [0, 0.05) is 14.8 Å². The summed E-state index contributed by atoms with van der Waals surface area (Å²) in [5, 5.41) is 0.800. The second kappa shape index (κ2) is 5.28. The zero-order chi connectivity index (χ0) is 13.4. The van der Waals surface area contributed by atoms with Crippen molar-refractivity contribution in [3.05, 3.63) is 55.7 Å². The normalized spacial score (nSPS) is 16.2. The molecule has 0 aliphatic heterocycles. The lowest BCUT2D eigenvalue weighted by molar-refractivity contribution is 0.696. The molecule has 0 saturated heterocycles. The lowest BCUT2D eigenvalue weighted by Crippen LogP contribution is -2.10. The van der Waals surface area contributed by atoms with E-state index in [0.717, 1.165) is 16.1 Å². The maximum atomic E-state index is 6.40. The molecule has 1 aromatic heterocycles. The summed E-state index contributed by atoms with van der Waals surface area (Å²) in [5.74, 6) is 0. The van der Waals surface area contributed by atoms with Crippen LogP contribution in [0.15, 0.2) is 24.3 Å². The summed E-state index contributed by atoms with van der Waals surface area (Å²) in [6, 6.07) is 8.39. The summed E-state index contributed by atoms with van der Waals surface area (Å²) in [4.78, 5) is 2.81. The standard InChI is InChI=1S/C16H18ClNS/c1-10-6-7-12(8-13(10)17)16(18)15-9-11-4-2-3-5-14(11)19-15/h6-9,16H,2-5,18H2,1H3. The highest BCUT2D eigenvalue weighted by molar-refractivity contribution is 7.12. The van der Waals surface area contributed by atoms with Crippen molar-refractivity contribution in [2.75, 3.05) is 0 Å². The summed E-state index contributed by atoms with van der Waals surface area (Å²) in [6.45, 7) is 2.02. The third-order valence-corrected chi connectivity index (χ3v) is 5.60. The Kier molecular flexibility index (Phi) is 3.66. The first-order valence-corrected chi connectivity index (χ1v) is 7.97. The SMILES string of the molecule is Cc1ccc(C(N)c2cc3c(s2)CCCC3)cc1Cl. The predicted octanol–water partition coefficient (Wildman–Crippen LogP) is 4.64. The highest BCUT2D eigenvalue weighted by Crippen LogP contribution is 2.35. The molecule has 0 fully saturated rings. The van der Waals surface area contributed by atoms with Gasteiger partial charge >= 0.3 is 0 Å². The van der Waals surface area contributed by atoms with Crippen molar-refractivity contribution in [1.29, 1.82) is 0 Å². The van der Waals surface area contributed by atoms with Crippen LogP contribution in [0.4, 0.5) is 0 Å². The molecule has 1 aliphatic carbocycles. The van der Waals surface area contributed by atoms with E-state index in [1.807, 2.05) is 30.4 Å². The monoisotopic (exact) mass is 291 g/mol. The Morgan fingerprint density at radius 2 is 2.00 bits per heavy atom. The van der Waals surface area contributed by atoms with Gasteiger partial charge in [-0.2, -0.15) is 0 Å². The first-order chi connectivity index (χ1) is 9.15. The molecule has 0 amide bonds. The molecule has 1 aromatic carbocycles. The van der Waals surface area contributed by atoms with Crippen LogP contribution in [0.1, 0.15) is 45.3 Å². The molecule has 100 valence electrons. The lowest BCUT2D eigenvalue weighted by Gasteiger charge is -2.11. The molecule has 1 unspecified atom stereocenters. The number of hydrogen-bond donors (Lipinski definition) is 1. The second-order valence-corrected chi connectivity index (χ2v) is 6.87. The Balaban J connectivity index is 1.92. The fourth-order valence-corrected chi connectivity index (χ4v) is 4.11. The Labute approximate surface area is 123 Å². The van der Waals surface area contributed by atoms with Gasteiger partial charge in [-0.25, -0.2) is 0 Å². The molecule has 0 radical (unpaired) electrons. The van der Waals surface area contributed by atoms with E-state index in [4.69, 9.17) is 17.3 Å². The highest BCUT2D eigenvalue weighted by Gasteiger charge is 2.18. The summed E-state index contributed by atoms with van der Waals surface area (Å²) < 4.78 is 0. The van der Waals surface area contributed by atoms with Gasteiger partial charge in [-0.3, -0.25) is 0 Å². The molecule has 1 atom stereocenters. The van der Waals surface area contributed by atoms with E-state index in [1.165, 1.54) is 41.0 Å². The van der Waals surface area contributed by atoms with E-state index in [2.05, 4.69) is 12.1 Å². The van der Waals surface area contributed by atoms with E-state index >= 15 is 0 Å². The van der Waals surface area contributed by atoms with E-state index in [-0.39, 0.29) is 6.04 Å². The van der Waals surface area contributed by atoms with Gasteiger partial charge in [-0.05, 0) is 61.4 Å². The molecule has 1 nitrogen and oxygen atoms in total. The fourth-order valence-electron chi connectivity index (χ4n) is 2.63. The maximum Gasteiger partial charge on any atom is 0.0646 e. The average molecular weight is 292 g/mol. The van der Waals surface area contributed by atoms with Crippen LogP contribution in [-0.2, 0) is 12.8 Å². The first-order valence-electron chi connectivity index (χ1n) is 6.78. The Hall–Kier alpha value is -0.830. The summed E-state index contributed by atoms with van der Waals surface area (Å²) >= 11 is 8.07. The Morgan fingerprint density at radius 1 is 1.21 bits per heavy atom. The number of fused-ring (bicyclic) bond motifs is 1. The van der Waals surface area contributed by atoms with Crippen molar-refractivity contribution in [1.82, 2.24) is 0 Å². The largest absolute Gasteiger partial charge is 0.320 e. The van der Waals surface area contributed by atoms with Gasteiger partial charge in [-0.1, -0.05) is 23.7 Å². The Morgan fingerprint density at radius 3 is 2.74 bits per heavy atom. The molecule has 1 aliphatic rings. The maximum absolute atomic E-state index is 6.40. The van der Waals surface area contributed by atoms with Crippen molar-refractivity contribution in [3.63, 3.8) is 0 Å². The number of halogens is 1. The molecular formula is C16H18ClNS. The van der Waals surface area contributed by atoms with Crippen molar-refractivity contribution in [2.45, 2.75) is 38.6 Å². The van der Waals surface area contributed by atoms with Crippen LogP contribution < -0.4 is 5.73 Å². The van der Waals surface area contributed by atoms with Crippen LogP contribution in [0.3, 0.4) is 0 Å². The molecule has 2 aromatic rings. The number of rotatable bonds is 2. The zero-order valence-corrected chi connectivity index (χ0v) is 12.7. The minimum atomic E-state index is -0.0475. The molecule has 0 bridgehead atoms. The minimum absolute atomic E-state index is 0.0475. The number of aryl methyl sites for hydroxylation is 3. The molecule has 19 heavy (non-hydrogen) atoms. The van der Waals surface area contributed by atoms with Crippen molar-refractivity contribution < 1.29 is 0 Å². The van der Waals surface area contributed by atoms with Gasteiger partial charge in [0.15, 0.2) is 0 Å². The summed E-state index contributed by atoms with van der Waals surface area (Å²) in [5.41, 5.74) is 10.1. The van der Waals surface area contributed by atoms with Crippen LogP contribution in [0.5, 0.6) is 0 Å². The quantitative estimate of drug-likeness (QED) is 0.857. The average Bonchev–Trinajstić information content (AvgIpc) is 2.85. The van der Waals surface area contributed by atoms with Crippen LogP contribution >= 0.6 is 22.9 Å². The molecule has 0 spiro atoms. The second-order valence-electron chi connectivity index (χ2n) is 5.29. The highest BCUT2D eigenvalue weighted by atomic mass is 35.5. The lowest BCUT2D eigenvalue weighted by atomic mass is 9.98. The topological polar surface area (TPSA) is 26.0 Å². The smallest absolute Gasteiger partial charge is 0.0646 e. The predicted molar refractivity (Wildman–Crippen MR) is 83.2 cm³/mol. The van der Waals surface area contributed by atoms with Crippen LogP contribution in [0.2, 0.25) is 5.02 Å². The van der Waals surface area contributed by atoms with Gasteiger partial charge in [0.1, 0.15) is 0 Å². The molecule has 0 saturated carbocycles. The molecule has 2 N–H and O–H groups in total. The summed E-state index contributed by atoms with van der Waals surface area (Å²) in [6.07, 6.45) is 5.07. The molecule has 3 heteroatoms. The van der Waals surface area contributed by atoms with E-state index < -0.39 is 0 Å². The number of nitrogens with two attached hydrogens (primary N) is 1. The number of thiophene rings is 1. The van der Waals surface area contributed by atoms with Crippen LogP contribution in [-0.4, -0.2) is 0 Å². The molecule has 3 rings (SSSR count). The third kappa shape index (κ3) is 2.58. The van der Waals surface area contributed by atoms with Gasteiger partial charge in [0.05, 0.1) is 6.04 Å². The van der Waals surface area contributed by atoms with E-state index in [9.17, 15) is 0 Å². The number of hydrogen-bond acceptors (Lipinski definition) is 2. The van der Waals surface area contributed by atoms with Crippen LogP contribution in [0.25, 0.3) is 0 Å². The zero-order valence-electron chi connectivity index (χ0n) is 11.1. The van der Waals surface area contributed by atoms with Gasteiger partial charge < -0.3 is 5.73 Å². The van der Waals surface area contributed by atoms with Crippen molar-refractivity contribution in [3.8, 4) is 0 Å². The van der Waals surface area contributed by atoms with Crippen LogP contribution in [0, 0.1) is 6.92 Å². The summed E-state index contributed by atoms with van der Waals surface area (Å²) in [7, 11) is 0. The van der Waals surface area contributed by atoms with Gasteiger partial charge in [-0.15, -0.1) is 11.3 Å². The van der Waals surface area contributed by atoms with E-state index in [0.29, 0.717) is 0 Å². The molecule has 1 heterocycles. The number of benzene rings is 1. The van der Waals surface area contributed by atoms with Gasteiger partial charge in [0.2, 0.25) is 0 Å². The minimum Gasteiger partial charge on any atom is -0.320 e. The third-order valence-electron chi connectivity index (χ3n) is 3.88. The first kappa shape index (κ1) is 13.2. The Bertz CT molecular complexity index is 579. The fraction of sp³-hybridized carbons (Fsp3) is 0.375. The van der Waals surface area contributed by atoms with Crippen molar-refractivity contribution in [2.24, 2.45) is 5.73 Å². The van der Waals surface area contributed by atoms with Crippen molar-refractivity contribution >= 4 is 22.9 Å².